The fourth-order valence-electron chi connectivity index (χ4n) is 3.21. The molecule has 3 rings (SSSR count). The molecule has 1 heterocycles. The number of amides is 3. The summed E-state index contributed by atoms with van der Waals surface area (Å²) in [4.78, 5) is 38.3. The molecule has 28 heavy (non-hydrogen) atoms. The van der Waals surface area contributed by atoms with Crippen molar-refractivity contribution in [1.82, 2.24) is 15.5 Å². The molecule has 1 atom stereocenters. The molecular weight excluding hydrogens is 372 g/mol. The number of likely N-dealkylation sites (tertiary alicyclic amines) is 1. The fourth-order valence-corrected chi connectivity index (χ4v) is 3.21. The second-order valence-corrected chi connectivity index (χ2v) is 7.02. The molecule has 2 aliphatic rings. The Labute approximate surface area is 161 Å². The molecule has 3 amide bonds. The van der Waals surface area contributed by atoms with Gasteiger partial charge in [-0.15, -0.1) is 0 Å². The number of piperidine rings is 1. The maximum atomic E-state index is 12.8. The van der Waals surface area contributed by atoms with Crippen molar-refractivity contribution >= 4 is 17.7 Å². The van der Waals surface area contributed by atoms with Crippen molar-refractivity contribution in [2.45, 2.75) is 38.3 Å². The third-order valence-electron chi connectivity index (χ3n) is 4.78. The van der Waals surface area contributed by atoms with Crippen LogP contribution in [0.3, 0.4) is 0 Å². The molecule has 1 aliphatic heterocycles. The lowest BCUT2D eigenvalue weighted by molar-refractivity contribution is -0.129. The summed E-state index contributed by atoms with van der Waals surface area (Å²) in [7, 11) is 0. The molecule has 0 aromatic heterocycles. The first kappa shape index (κ1) is 20.0. The van der Waals surface area contributed by atoms with Gasteiger partial charge >= 0.3 is 6.61 Å². The van der Waals surface area contributed by atoms with Gasteiger partial charge < -0.3 is 20.3 Å². The van der Waals surface area contributed by atoms with Gasteiger partial charge in [-0.1, -0.05) is 12.1 Å². The summed E-state index contributed by atoms with van der Waals surface area (Å²) in [6.45, 7) is -2.54. The van der Waals surface area contributed by atoms with Crippen LogP contribution in [0.25, 0.3) is 0 Å². The van der Waals surface area contributed by atoms with E-state index in [1.54, 1.807) is 6.07 Å². The van der Waals surface area contributed by atoms with Gasteiger partial charge in [-0.05, 0) is 37.8 Å². The SMILES string of the molecule is O=C(CNC(=O)C1CCCN(C(=O)c2ccccc2OC(F)F)C1)NC1CC1. The van der Waals surface area contributed by atoms with Crippen LogP contribution in [0, 0.1) is 5.92 Å². The molecule has 1 unspecified atom stereocenters. The Morgan fingerprint density at radius 2 is 1.93 bits per heavy atom. The second-order valence-electron chi connectivity index (χ2n) is 7.02. The van der Waals surface area contributed by atoms with Crippen molar-refractivity contribution in [2.75, 3.05) is 19.6 Å². The van der Waals surface area contributed by atoms with Gasteiger partial charge in [0.2, 0.25) is 11.8 Å². The van der Waals surface area contributed by atoms with E-state index in [2.05, 4.69) is 15.4 Å². The lowest BCUT2D eigenvalue weighted by Crippen LogP contribution is -2.47. The number of hydrogen-bond acceptors (Lipinski definition) is 4. The number of alkyl halides is 2. The number of carbonyl (C=O) groups excluding carboxylic acids is 3. The minimum absolute atomic E-state index is 0.0349. The van der Waals surface area contributed by atoms with Crippen LogP contribution in [-0.4, -0.2) is 54.9 Å². The topological polar surface area (TPSA) is 87.7 Å². The van der Waals surface area contributed by atoms with Gasteiger partial charge in [0.1, 0.15) is 5.75 Å². The third-order valence-corrected chi connectivity index (χ3v) is 4.78. The first-order chi connectivity index (χ1) is 13.4. The molecule has 1 aliphatic carbocycles. The van der Waals surface area contributed by atoms with Crippen molar-refractivity contribution < 1.29 is 27.9 Å². The summed E-state index contributed by atoms with van der Waals surface area (Å²) in [5, 5.41) is 5.40. The highest BCUT2D eigenvalue weighted by atomic mass is 19.3. The van der Waals surface area contributed by atoms with Crippen LogP contribution in [0.4, 0.5) is 8.78 Å². The predicted molar refractivity (Wildman–Crippen MR) is 95.9 cm³/mol. The average Bonchev–Trinajstić information content (AvgIpc) is 3.49. The molecule has 7 nitrogen and oxygen atoms in total. The number of nitrogens with zero attached hydrogens (tertiary/aromatic N) is 1. The van der Waals surface area contributed by atoms with E-state index in [-0.39, 0.29) is 42.3 Å². The van der Waals surface area contributed by atoms with E-state index in [0.29, 0.717) is 19.4 Å². The van der Waals surface area contributed by atoms with Gasteiger partial charge in [-0.3, -0.25) is 14.4 Å². The molecule has 0 radical (unpaired) electrons. The highest BCUT2D eigenvalue weighted by Gasteiger charge is 2.31. The summed E-state index contributed by atoms with van der Waals surface area (Å²) in [6.07, 6.45) is 3.14. The highest BCUT2D eigenvalue weighted by Crippen LogP contribution is 2.25. The smallest absolute Gasteiger partial charge is 0.387 e. The number of carbonyl (C=O) groups is 3. The van der Waals surface area contributed by atoms with Crippen molar-refractivity contribution in [2.24, 2.45) is 5.92 Å². The number of rotatable bonds is 7. The van der Waals surface area contributed by atoms with E-state index in [1.165, 1.54) is 23.1 Å². The molecule has 0 bridgehead atoms. The number of halogens is 2. The first-order valence-corrected chi connectivity index (χ1v) is 9.34. The third kappa shape index (κ3) is 5.40. The van der Waals surface area contributed by atoms with Gasteiger partial charge in [-0.25, -0.2) is 0 Å². The molecule has 9 heteroatoms. The van der Waals surface area contributed by atoms with E-state index in [4.69, 9.17) is 0 Å². The van der Waals surface area contributed by atoms with E-state index >= 15 is 0 Å². The largest absolute Gasteiger partial charge is 0.434 e. The van der Waals surface area contributed by atoms with Crippen LogP contribution in [0.5, 0.6) is 5.75 Å². The lowest BCUT2D eigenvalue weighted by atomic mass is 9.96. The van der Waals surface area contributed by atoms with Crippen molar-refractivity contribution in [3.63, 3.8) is 0 Å². The van der Waals surface area contributed by atoms with Gasteiger partial charge in [0, 0.05) is 19.1 Å². The number of hydrogen-bond donors (Lipinski definition) is 2. The summed E-state index contributed by atoms with van der Waals surface area (Å²) < 4.78 is 29.6. The zero-order chi connectivity index (χ0) is 20.1. The molecule has 1 aromatic carbocycles. The van der Waals surface area contributed by atoms with Crippen LogP contribution in [-0.2, 0) is 9.59 Å². The second kappa shape index (κ2) is 8.99. The van der Waals surface area contributed by atoms with Gasteiger partial charge in [0.05, 0.1) is 18.0 Å². The number of para-hydroxylation sites is 1. The first-order valence-electron chi connectivity index (χ1n) is 9.34. The molecule has 152 valence electrons. The number of nitrogens with one attached hydrogen (secondary N) is 2. The summed E-state index contributed by atoms with van der Waals surface area (Å²) in [6, 6.07) is 6.03. The van der Waals surface area contributed by atoms with Crippen molar-refractivity contribution in [1.29, 1.82) is 0 Å². The van der Waals surface area contributed by atoms with Crippen LogP contribution in [0.15, 0.2) is 24.3 Å². The van der Waals surface area contributed by atoms with Crippen molar-refractivity contribution in [3.05, 3.63) is 29.8 Å². The normalized spacial score (nSPS) is 19.2. The van der Waals surface area contributed by atoms with E-state index < -0.39 is 18.4 Å². The van der Waals surface area contributed by atoms with Crippen LogP contribution >= 0.6 is 0 Å². The molecule has 2 N–H and O–H groups in total. The minimum Gasteiger partial charge on any atom is -0.434 e. The minimum atomic E-state index is -3.03. The zero-order valence-corrected chi connectivity index (χ0v) is 15.3. The van der Waals surface area contributed by atoms with Crippen molar-refractivity contribution in [3.8, 4) is 5.75 Å². The Hall–Kier alpha value is -2.71. The molecular formula is C19H23F2N3O4. The monoisotopic (exact) mass is 395 g/mol. The Morgan fingerprint density at radius 1 is 1.18 bits per heavy atom. The maximum Gasteiger partial charge on any atom is 0.387 e. The highest BCUT2D eigenvalue weighted by molar-refractivity contribution is 5.97. The van der Waals surface area contributed by atoms with Crippen LogP contribution in [0.2, 0.25) is 0 Å². The zero-order valence-electron chi connectivity index (χ0n) is 15.3. The molecule has 1 saturated heterocycles. The Bertz CT molecular complexity index is 740. The van der Waals surface area contributed by atoms with Gasteiger partial charge in [-0.2, -0.15) is 8.78 Å². The number of ether oxygens (including phenoxy) is 1. The lowest BCUT2D eigenvalue weighted by Gasteiger charge is -2.32. The molecule has 0 spiro atoms. The summed E-state index contributed by atoms with van der Waals surface area (Å²) in [5.74, 6) is -1.61. The molecule has 1 aromatic rings. The summed E-state index contributed by atoms with van der Waals surface area (Å²) >= 11 is 0. The van der Waals surface area contributed by atoms with Crippen LogP contribution in [0.1, 0.15) is 36.0 Å². The van der Waals surface area contributed by atoms with Crippen LogP contribution < -0.4 is 15.4 Å². The Balaban J connectivity index is 1.57. The average molecular weight is 395 g/mol. The summed E-state index contributed by atoms with van der Waals surface area (Å²) in [5.41, 5.74) is 0.0349. The fraction of sp³-hybridized carbons (Fsp3) is 0.526. The van der Waals surface area contributed by atoms with E-state index in [0.717, 1.165) is 12.8 Å². The Morgan fingerprint density at radius 3 is 2.64 bits per heavy atom. The van der Waals surface area contributed by atoms with Gasteiger partial charge in [0.15, 0.2) is 0 Å². The standard InChI is InChI=1S/C19H23F2N3O4/c20-19(21)28-15-6-2-1-5-14(15)18(27)24-9-3-4-12(11-24)17(26)22-10-16(25)23-13-7-8-13/h1-2,5-6,12-13,19H,3-4,7-11H2,(H,22,26)(H,23,25). The molecule has 1 saturated carbocycles. The predicted octanol–water partition coefficient (Wildman–Crippen LogP) is 1.53. The van der Waals surface area contributed by atoms with E-state index in [1.807, 2.05) is 0 Å². The maximum absolute atomic E-state index is 12.8. The quantitative estimate of drug-likeness (QED) is 0.733. The van der Waals surface area contributed by atoms with E-state index in [9.17, 15) is 23.2 Å². The number of benzene rings is 1. The van der Waals surface area contributed by atoms with Gasteiger partial charge in [0.25, 0.3) is 5.91 Å². The molecule has 2 fully saturated rings. The Kier molecular flexibility index (Phi) is 6.43.